The van der Waals surface area contributed by atoms with Crippen LogP contribution in [0.25, 0.3) is 0 Å². The van der Waals surface area contributed by atoms with Crippen LogP contribution < -0.4 is 16.0 Å². The van der Waals surface area contributed by atoms with E-state index in [4.69, 9.17) is 25.5 Å². The molecule has 144 valence electrons. The molecule has 1 rings (SSSR count). The van der Waals surface area contributed by atoms with E-state index in [9.17, 15) is 14.4 Å². The zero-order chi connectivity index (χ0) is 19.9. The van der Waals surface area contributed by atoms with E-state index in [-0.39, 0.29) is 6.54 Å². The quantitative estimate of drug-likeness (QED) is 0.444. The van der Waals surface area contributed by atoms with Crippen LogP contribution in [0.1, 0.15) is 43.7 Å². The molecular formula is C17H24N2O7. The first-order valence-corrected chi connectivity index (χ1v) is 7.92. The van der Waals surface area contributed by atoms with E-state index in [0.29, 0.717) is 11.7 Å². The number of hydrogen-bond donors (Lipinski definition) is 4. The lowest BCUT2D eigenvalue weighted by Crippen LogP contribution is -2.51. The van der Waals surface area contributed by atoms with Crippen LogP contribution in [0.5, 0.6) is 5.75 Å². The molecule has 0 spiro atoms. The summed E-state index contributed by atoms with van der Waals surface area (Å²) in [6.45, 7) is 4.20. The molecule has 0 aromatic heterocycles. The minimum Gasteiger partial charge on any atom is -0.496 e. The first-order valence-electron chi connectivity index (χ1n) is 7.92. The Balaban J connectivity index is 2.70. The van der Waals surface area contributed by atoms with Crippen molar-refractivity contribution in [3.63, 3.8) is 0 Å². The predicted octanol–water partition coefficient (Wildman–Crippen LogP) is 1.01. The Morgan fingerprint density at radius 3 is 2.38 bits per heavy atom. The summed E-state index contributed by atoms with van der Waals surface area (Å²) in [5, 5.41) is 17.8. The topological polar surface area (TPSA) is 148 Å². The lowest BCUT2D eigenvalue weighted by molar-refractivity contribution is -0.160. The van der Waals surface area contributed by atoms with Gasteiger partial charge in [-0.25, -0.2) is 0 Å². The Morgan fingerprint density at radius 2 is 1.88 bits per heavy atom. The number of carboxylic acid groups (broad SMARTS) is 2. The molecule has 0 saturated carbocycles. The minimum absolute atomic E-state index is 0.124. The monoisotopic (exact) mass is 368 g/mol. The smallest absolute Gasteiger partial charge is 0.327 e. The molecule has 0 amide bonds. The molecule has 0 aliphatic carbocycles. The molecule has 26 heavy (non-hydrogen) atoms. The Kier molecular flexibility index (Phi) is 7.54. The minimum atomic E-state index is -2.24. The largest absolute Gasteiger partial charge is 0.496 e. The van der Waals surface area contributed by atoms with Crippen molar-refractivity contribution in [2.24, 2.45) is 5.73 Å². The fourth-order valence-corrected chi connectivity index (χ4v) is 2.27. The van der Waals surface area contributed by atoms with Gasteiger partial charge in [0.1, 0.15) is 11.3 Å². The van der Waals surface area contributed by atoms with Crippen molar-refractivity contribution in [3.05, 3.63) is 29.3 Å². The van der Waals surface area contributed by atoms with Crippen molar-refractivity contribution >= 4 is 17.9 Å². The zero-order valence-electron chi connectivity index (χ0n) is 14.9. The normalized spacial score (nSPS) is 13.1. The molecule has 9 nitrogen and oxygen atoms in total. The van der Waals surface area contributed by atoms with Crippen molar-refractivity contribution in [2.45, 2.75) is 44.7 Å². The summed E-state index contributed by atoms with van der Waals surface area (Å²) in [7, 11) is 1.52. The number of carboxylic acids is 2. The highest BCUT2D eigenvalue weighted by molar-refractivity contribution is 5.89. The fraction of sp³-hybridized carbons (Fsp3) is 0.471. The number of nitrogens with two attached hydrogens (primary N) is 1. The Bertz CT molecular complexity index is 675. The molecule has 0 bridgehead atoms. The summed E-state index contributed by atoms with van der Waals surface area (Å²) in [6, 6.07) is 5.64. The van der Waals surface area contributed by atoms with E-state index in [1.807, 2.05) is 26.0 Å². The average Bonchev–Trinajstić information content (AvgIpc) is 2.53. The maximum absolute atomic E-state index is 11.8. The van der Waals surface area contributed by atoms with Gasteiger partial charge in [0, 0.05) is 5.56 Å². The summed E-state index contributed by atoms with van der Waals surface area (Å²) >= 11 is 0. The molecule has 1 aromatic rings. The summed E-state index contributed by atoms with van der Waals surface area (Å²) < 4.78 is 5.25. The molecule has 0 aliphatic heterocycles. The number of aliphatic carboxylic acids is 2. The van der Waals surface area contributed by atoms with Gasteiger partial charge in [0.05, 0.1) is 26.5 Å². The Hall–Kier alpha value is -2.65. The molecule has 9 heteroatoms. The number of rotatable bonds is 10. The summed E-state index contributed by atoms with van der Waals surface area (Å²) in [5.41, 5.74) is 7.51. The molecule has 0 radical (unpaired) electrons. The van der Waals surface area contributed by atoms with Crippen LogP contribution in [-0.4, -0.2) is 40.8 Å². The summed E-state index contributed by atoms with van der Waals surface area (Å²) in [4.78, 5) is 38.5. The van der Waals surface area contributed by atoms with Gasteiger partial charge in [-0.1, -0.05) is 26.0 Å². The van der Waals surface area contributed by atoms with Gasteiger partial charge >= 0.3 is 17.9 Å². The van der Waals surface area contributed by atoms with E-state index in [1.165, 1.54) is 7.11 Å². The second-order valence-corrected chi connectivity index (χ2v) is 6.23. The summed E-state index contributed by atoms with van der Waals surface area (Å²) in [6.07, 6.45) is -1.69. The van der Waals surface area contributed by atoms with E-state index >= 15 is 0 Å². The highest BCUT2D eigenvalue weighted by Gasteiger charge is 2.39. The van der Waals surface area contributed by atoms with Gasteiger partial charge in [-0.3, -0.25) is 14.4 Å². The van der Waals surface area contributed by atoms with Gasteiger partial charge in [0.25, 0.3) is 0 Å². The van der Waals surface area contributed by atoms with Gasteiger partial charge in [0.2, 0.25) is 0 Å². The van der Waals surface area contributed by atoms with Crippen molar-refractivity contribution < 1.29 is 34.2 Å². The van der Waals surface area contributed by atoms with Crippen molar-refractivity contribution in [3.8, 4) is 5.75 Å². The first kappa shape index (κ1) is 21.4. The number of hydrogen-bond acceptors (Lipinski definition) is 7. The highest BCUT2D eigenvalue weighted by Crippen LogP contribution is 2.24. The third-order valence-corrected chi connectivity index (χ3v) is 3.77. The van der Waals surface area contributed by atoms with Crippen molar-refractivity contribution in [1.82, 2.24) is 5.48 Å². The van der Waals surface area contributed by atoms with E-state index in [2.05, 4.69) is 5.48 Å². The number of benzene rings is 1. The lowest BCUT2D eigenvalue weighted by atomic mass is 9.93. The number of carbonyl (C=O) groups is 3. The molecule has 1 aromatic carbocycles. The SMILES string of the molecule is COc1ccc(C(C)C)cc1CNOC(=O)CC(N)(CC(=O)O)C(=O)O. The van der Waals surface area contributed by atoms with Gasteiger partial charge in [-0.15, -0.1) is 5.48 Å². The molecule has 0 aliphatic rings. The van der Waals surface area contributed by atoms with Crippen LogP contribution >= 0.6 is 0 Å². The number of methoxy groups -OCH3 is 1. The van der Waals surface area contributed by atoms with Gasteiger partial charge in [-0.2, -0.15) is 0 Å². The van der Waals surface area contributed by atoms with E-state index in [1.54, 1.807) is 6.07 Å². The molecule has 1 atom stereocenters. The fourth-order valence-electron chi connectivity index (χ4n) is 2.27. The molecule has 1 unspecified atom stereocenters. The van der Waals surface area contributed by atoms with Crippen LogP contribution in [0.4, 0.5) is 0 Å². The van der Waals surface area contributed by atoms with Crippen molar-refractivity contribution in [2.75, 3.05) is 7.11 Å². The number of hydroxylamine groups is 1. The second kappa shape index (κ2) is 9.16. The molecule has 0 fully saturated rings. The van der Waals surface area contributed by atoms with Crippen molar-refractivity contribution in [1.29, 1.82) is 0 Å². The standard InChI is InChI=1S/C17H24N2O7/c1-10(2)11-4-5-13(25-3)12(6-11)9-19-26-15(22)8-17(18,16(23)24)7-14(20)21/h4-6,10,19H,7-9,18H2,1-3H3,(H,20,21)(H,23,24). The van der Waals surface area contributed by atoms with Crippen LogP contribution in [-0.2, 0) is 25.8 Å². The number of nitrogens with one attached hydrogen (secondary N) is 1. The highest BCUT2D eigenvalue weighted by atomic mass is 16.7. The Morgan fingerprint density at radius 1 is 1.23 bits per heavy atom. The van der Waals surface area contributed by atoms with Gasteiger partial charge in [0.15, 0.2) is 0 Å². The molecule has 0 heterocycles. The third kappa shape index (κ3) is 6.01. The Labute approximate surface area is 151 Å². The average molecular weight is 368 g/mol. The van der Waals surface area contributed by atoms with Crippen LogP contribution in [0.15, 0.2) is 18.2 Å². The van der Waals surface area contributed by atoms with Crippen LogP contribution in [0.3, 0.4) is 0 Å². The van der Waals surface area contributed by atoms with E-state index in [0.717, 1.165) is 11.1 Å². The predicted molar refractivity (Wildman–Crippen MR) is 91.4 cm³/mol. The van der Waals surface area contributed by atoms with Crippen LogP contribution in [0.2, 0.25) is 0 Å². The lowest BCUT2D eigenvalue weighted by Gasteiger charge is -2.21. The number of carbonyl (C=O) groups excluding carboxylic acids is 1. The maximum Gasteiger partial charge on any atom is 0.327 e. The second-order valence-electron chi connectivity index (χ2n) is 6.23. The third-order valence-electron chi connectivity index (χ3n) is 3.77. The zero-order valence-corrected chi connectivity index (χ0v) is 14.9. The number of ether oxygens (including phenoxy) is 1. The molecular weight excluding hydrogens is 344 g/mol. The first-order chi connectivity index (χ1) is 12.1. The molecule has 0 saturated heterocycles. The molecule has 5 N–H and O–H groups in total. The maximum atomic E-state index is 11.8. The summed E-state index contributed by atoms with van der Waals surface area (Å²) in [5.74, 6) is -3.10. The van der Waals surface area contributed by atoms with Gasteiger partial charge in [-0.05, 0) is 17.5 Å². The van der Waals surface area contributed by atoms with Crippen LogP contribution in [0, 0.1) is 0 Å². The van der Waals surface area contributed by atoms with E-state index < -0.39 is 36.3 Å². The van der Waals surface area contributed by atoms with Gasteiger partial charge < -0.3 is 25.5 Å².